The topological polar surface area (TPSA) is 24.7 Å². The second-order valence-corrected chi connectivity index (χ2v) is 6.86. The molecule has 0 bridgehead atoms. The van der Waals surface area contributed by atoms with Crippen LogP contribution in [0.25, 0.3) is 16.3 Å². The van der Waals surface area contributed by atoms with Gasteiger partial charge in [0.25, 0.3) is 0 Å². The molecule has 0 heterocycles. The molecular formula is C24H22N2. The Kier molecular flexibility index (Phi) is 4.49. The van der Waals surface area contributed by atoms with Gasteiger partial charge in [-0.05, 0) is 59.9 Å². The van der Waals surface area contributed by atoms with Crippen molar-refractivity contribution in [1.82, 2.24) is 0 Å². The zero-order valence-corrected chi connectivity index (χ0v) is 15.2. The van der Waals surface area contributed by atoms with Crippen LogP contribution in [0.5, 0.6) is 0 Å². The highest BCUT2D eigenvalue weighted by Gasteiger charge is 2.16. The molecule has 4 rings (SSSR count). The summed E-state index contributed by atoms with van der Waals surface area (Å²) in [5.74, 6) is 0. The highest BCUT2D eigenvalue weighted by Crippen LogP contribution is 2.36. The van der Waals surface area contributed by atoms with Crippen LogP contribution in [0, 0.1) is 0 Å². The minimum Gasteiger partial charge on any atom is -0.184 e. The Morgan fingerprint density at radius 3 is 2.38 bits per heavy atom. The number of nitrogens with zero attached hydrogens (tertiary/aromatic N) is 2. The summed E-state index contributed by atoms with van der Waals surface area (Å²) >= 11 is 0. The second-order valence-electron chi connectivity index (χ2n) is 6.86. The van der Waals surface area contributed by atoms with Crippen molar-refractivity contribution in [2.24, 2.45) is 10.2 Å². The van der Waals surface area contributed by atoms with Gasteiger partial charge in [-0.2, -0.15) is 10.2 Å². The van der Waals surface area contributed by atoms with E-state index in [4.69, 9.17) is 0 Å². The first-order chi connectivity index (χ1) is 12.7. The third-order valence-electron chi connectivity index (χ3n) is 5.08. The summed E-state index contributed by atoms with van der Waals surface area (Å²) in [5.41, 5.74) is 7.66. The third-order valence-corrected chi connectivity index (χ3v) is 5.08. The molecule has 0 fully saturated rings. The molecular weight excluding hydrogens is 316 g/mol. The molecule has 3 aromatic carbocycles. The van der Waals surface area contributed by atoms with Crippen LogP contribution in [0.1, 0.15) is 31.4 Å². The summed E-state index contributed by atoms with van der Waals surface area (Å²) in [6, 6.07) is 22.9. The molecule has 0 atom stereocenters. The molecule has 2 heteroatoms. The van der Waals surface area contributed by atoms with Crippen LogP contribution in [0.3, 0.4) is 0 Å². The minimum absolute atomic E-state index is 0.584. The van der Waals surface area contributed by atoms with E-state index in [1.807, 2.05) is 30.3 Å². The van der Waals surface area contributed by atoms with E-state index in [-0.39, 0.29) is 0 Å². The van der Waals surface area contributed by atoms with Crippen molar-refractivity contribution < 1.29 is 0 Å². The molecule has 3 aromatic rings. The lowest BCUT2D eigenvalue weighted by Crippen LogP contribution is -1.94. The van der Waals surface area contributed by atoms with Crippen LogP contribution >= 0.6 is 0 Å². The van der Waals surface area contributed by atoms with Crippen LogP contribution in [0.2, 0.25) is 0 Å². The molecule has 0 spiro atoms. The molecule has 1 aliphatic carbocycles. The van der Waals surface area contributed by atoms with E-state index >= 15 is 0 Å². The molecule has 0 aromatic heterocycles. The van der Waals surface area contributed by atoms with Crippen molar-refractivity contribution in [3.05, 3.63) is 95.1 Å². The molecule has 2 nitrogen and oxygen atoms in total. The lowest BCUT2D eigenvalue weighted by molar-refractivity contribution is 0.962. The van der Waals surface area contributed by atoms with E-state index < -0.39 is 0 Å². The minimum atomic E-state index is 0.584. The van der Waals surface area contributed by atoms with Crippen molar-refractivity contribution in [2.75, 3.05) is 0 Å². The van der Waals surface area contributed by atoms with Crippen LogP contribution in [-0.2, 0) is 6.54 Å². The van der Waals surface area contributed by atoms with Gasteiger partial charge >= 0.3 is 0 Å². The number of hydrogen-bond donors (Lipinski definition) is 0. The number of rotatable bonds is 4. The third kappa shape index (κ3) is 3.23. The maximum Gasteiger partial charge on any atom is 0.0865 e. The number of fused-ring (bicyclic) bond motifs is 1. The standard InChI is InChI=1S/C24H22N2/c1-17-14-20(15-18(17)2)23-13-12-19-8-6-7-11-22(19)24(23)16-25-26-21-9-4-3-5-10-21/h3-14H,15-16H2,1-2H3. The van der Waals surface area contributed by atoms with Gasteiger partial charge in [0.2, 0.25) is 0 Å². The summed E-state index contributed by atoms with van der Waals surface area (Å²) in [5, 5.41) is 11.4. The Balaban J connectivity index is 1.74. The van der Waals surface area contributed by atoms with Gasteiger partial charge < -0.3 is 0 Å². The fraction of sp³-hybridized carbons (Fsp3) is 0.167. The highest BCUT2D eigenvalue weighted by molar-refractivity contribution is 5.91. The molecule has 0 radical (unpaired) electrons. The number of allylic oxidation sites excluding steroid dienone is 4. The van der Waals surface area contributed by atoms with Crippen molar-refractivity contribution in [1.29, 1.82) is 0 Å². The molecule has 128 valence electrons. The first-order valence-electron chi connectivity index (χ1n) is 9.03. The summed E-state index contributed by atoms with van der Waals surface area (Å²) in [6.07, 6.45) is 3.34. The van der Waals surface area contributed by atoms with Gasteiger partial charge in [-0.15, -0.1) is 0 Å². The molecule has 0 amide bonds. The monoisotopic (exact) mass is 338 g/mol. The number of azo groups is 1. The van der Waals surface area contributed by atoms with Gasteiger partial charge in [0.1, 0.15) is 0 Å². The Labute approximate surface area is 154 Å². The van der Waals surface area contributed by atoms with Gasteiger partial charge in [-0.25, -0.2) is 0 Å². The maximum absolute atomic E-state index is 4.52. The van der Waals surface area contributed by atoms with Gasteiger partial charge in [-0.3, -0.25) is 0 Å². The lowest BCUT2D eigenvalue weighted by Gasteiger charge is -2.13. The predicted octanol–water partition coefficient (Wildman–Crippen LogP) is 7.25. The second kappa shape index (κ2) is 7.09. The SMILES string of the molecule is CC1=C(C)CC(c2ccc3ccccc3c2CN=Nc2ccccc2)=C1. The van der Waals surface area contributed by atoms with E-state index in [0.717, 1.165) is 12.1 Å². The zero-order chi connectivity index (χ0) is 17.9. The normalized spacial score (nSPS) is 14.5. The summed E-state index contributed by atoms with van der Waals surface area (Å²) < 4.78 is 0. The largest absolute Gasteiger partial charge is 0.184 e. The van der Waals surface area contributed by atoms with Crippen molar-refractivity contribution in [2.45, 2.75) is 26.8 Å². The van der Waals surface area contributed by atoms with Gasteiger partial charge in [0.15, 0.2) is 0 Å². The Morgan fingerprint density at radius 2 is 1.62 bits per heavy atom. The summed E-state index contributed by atoms with van der Waals surface area (Å²) in [7, 11) is 0. The smallest absolute Gasteiger partial charge is 0.0865 e. The zero-order valence-electron chi connectivity index (χ0n) is 15.2. The predicted molar refractivity (Wildman–Crippen MR) is 110 cm³/mol. The average molecular weight is 338 g/mol. The van der Waals surface area contributed by atoms with Crippen molar-refractivity contribution in [3.63, 3.8) is 0 Å². The van der Waals surface area contributed by atoms with Crippen molar-refractivity contribution >= 4 is 22.0 Å². The van der Waals surface area contributed by atoms with Gasteiger partial charge in [0.05, 0.1) is 12.2 Å². The Bertz CT molecular complexity index is 1040. The average Bonchev–Trinajstić information content (AvgIpc) is 3.01. The summed E-state index contributed by atoms with van der Waals surface area (Å²) in [4.78, 5) is 0. The molecule has 0 aliphatic heterocycles. The Morgan fingerprint density at radius 1 is 0.846 bits per heavy atom. The quantitative estimate of drug-likeness (QED) is 0.448. The van der Waals surface area contributed by atoms with E-state index in [1.165, 1.54) is 38.6 Å². The maximum atomic E-state index is 4.52. The molecule has 0 unspecified atom stereocenters. The highest BCUT2D eigenvalue weighted by atomic mass is 15.1. The fourth-order valence-corrected chi connectivity index (χ4v) is 3.52. The van der Waals surface area contributed by atoms with E-state index in [2.05, 4.69) is 66.6 Å². The molecule has 0 saturated carbocycles. The number of benzene rings is 3. The Hall–Kier alpha value is -3.00. The van der Waals surface area contributed by atoms with Gasteiger partial charge in [-0.1, -0.05) is 71.8 Å². The first-order valence-corrected chi connectivity index (χ1v) is 9.03. The fourth-order valence-electron chi connectivity index (χ4n) is 3.52. The van der Waals surface area contributed by atoms with Gasteiger partial charge in [0, 0.05) is 0 Å². The first kappa shape index (κ1) is 16.5. The molecule has 0 N–H and O–H groups in total. The summed E-state index contributed by atoms with van der Waals surface area (Å²) in [6.45, 7) is 4.99. The number of hydrogen-bond acceptors (Lipinski definition) is 2. The van der Waals surface area contributed by atoms with Crippen LogP contribution < -0.4 is 0 Å². The van der Waals surface area contributed by atoms with E-state index in [1.54, 1.807) is 0 Å². The molecule has 26 heavy (non-hydrogen) atoms. The van der Waals surface area contributed by atoms with Crippen molar-refractivity contribution in [3.8, 4) is 0 Å². The molecule has 1 aliphatic rings. The van der Waals surface area contributed by atoms with E-state index in [9.17, 15) is 0 Å². The van der Waals surface area contributed by atoms with Crippen LogP contribution in [0.4, 0.5) is 5.69 Å². The van der Waals surface area contributed by atoms with Crippen LogP contribution in [0.15, 0.2) is 94.2 Å². The lowest BCUT2D eigenvalue weighted by atomic mass is 9.93. The van der Waals surface area contributed by atoms with Crippen LogP contribution in [-0.4, -0.2) is 0 Å². The molecule has 0 saturated heterocycles. The van der Waals surface area contributed by atoms with E-state index in [0.29, 0.717) is 6.54 Å².